The van der Waals surface area contributed by atoms with Gasteiger partial charge in [0.1, 0.15) is 0 Å². The maximum Gasteiger partial charge on any atom is 0.181 e. The summed E-state index contributed by atoms with van der Waals surface area (Å²) in [5, 5.41) is 0. The number of hydrogen-bond acceptors (Lipinski definition) is 1. The van der Waals surface area contributed by atoms with Crippen molar-refractivity contribution in [1.82, 2.24) is 5.73 Å². The molecule has 0 amide bonds. The van der Waals surface area contributed by atoms with E-state index in [9.17, 15) is 0 Å². The molecule has 1 heterocycles. The molecule has 1 unspecified atom stereocenters. The monoisotopic (exact) mass is 95.0 g/mol. The minimum atomic E-state index is -0.513. The van der Waals surface area contributed by atoms with Gasteiger partial charge in [-0.25, -0.2) is 5.73 Å². The van der Waals surface area contributed by atoms with Gasteiger partial charge in [0.25, 0.3) is 0 Å². The highest BCUT2D eigenvalue weighted by molar-refractivity contribution is 4.99. The Morgan fingerprint density at radius 3 is 2.86 bits per heavy atom. The van der Waals surface area contributed by atoms with Gasteiger partial charge in [0.2, 0.25) is 0 Å². The quantitative estimate of drug-likeness (QED) is 0.431. The first-order chi connectivity index (χ1) is 3.39. The van der Waals surface area contributed by atoms with Crippen LogP contribution in [-0.4, -0.2) is 6.23 Å². The first-order valence-electron chi connectivity index (χ1n) is 2.00. The summed E-state index contributed by atoms with van der Waals surface area (Å²) in [6.07, 6.45) is 6.82. The van der Waals surface area contributed by atoms with E-state index in [4.69, 9.17) is 5.73 Å². The van der Waals surface area contributed by atoms with E-state index in [-0.39, 0.29) is 0 Å². The van der Waals surface area contributed by atoms with Gasteiger partial charge >= 0.3 is 0 Å². The second-order valence-corrected chi connectivity index (χ2v) is 1.20. The molecule has 0 saturated carbocycles. The first kappa shape index (κ1) is 4.40. The standard InChI is InChI=1S/C5H5NO/c6-5-3-1-2-4-7-5/h1,3-6H. The molecular weight excluding hydrogens is 90.1 g/mol. The molecule has 1 N–H and O–H groups in total. The summed E-state index contributed by atoms with van der Waals surface area (Å²) in [7, 11) is 0. The molecule has 0 aliphatic carbocycles. The summed E-state index contributed by atoms with van der Waals surface area (Å²) in [6, 6.07) is 0. The summed E-state index contributed by atoms with van der Waals surface area (Å²) < 4.78 is 4.62. The molecule has 0 fully saturated rings. The summed E-state index contributed by atoms with van der Waals surface area (Å²) in [5.41, 5.74) is 6.89. The Hall–Kier alpha value is -0.760. The molecule has 1 atom stereocenters. The third-order valence-corrected chi connectivity index (χ3v) is 0.650. The van der Waals surface area contributed by atoms with Gasteiger partial charge in [-0.1, -0.05) is 6.08 Å². The number of rotatable bonds is 0. The van der Waals surface area contributed by atoms with Crippen LogP contribution in [0.3, 0.4) is 0 Å². The molecule has 0 saturated heterocycles. The van der Waals surface area contributed by atoms with Crippen LogP contribution in [0.1, 0.15) is 0 Å². The fourth-order valence-corrected chi connectivity index (χ4v) is 0.340. The van der Waals surface area contributed by atoms with Crippen molar-refractivity contribution in [2.75, 3.05) is 0 Å². The summed E-state index contributed by atoms with van der Waals surface area (Å²) in [4.78, 5) is 0. The molecular formula is C5H5NO. The highest BCUT2D eigenvalue weighted by Crippen LogP contribution is 1.94. The van der Waals surface area contributed by atoms with Crippen LogP contribution < -0.4 is 5.73 Å². The first-order valence-corrected chi connectivity index (χ1v) is 2.00. The van der Waals surface area contributed by atoms with Gasteiger partial charge in [-0.2, -0.15) is 0 Å². The van der Waals surface area contributed by atoms with Crippen molar-refractivity contribution in [3.05, 3.63) is 24.5 Å². The van der Waals surface area contributed by atoms with E-state index in [1.54, 1.807) is 12.2 Å². The molecule has 36 valence electrons. The molecule has 1 aliphatic rings. The minimum Gasteiger partial charge on any atom is -0.477 e. The number of nitrogens with one attached hydrogen (secondary N) is 1. The second kappa shape index (κ2) is 1.80. The number of ether oxygens (including phenoxy) is 1. The Morgan fingerprint density at radius 1 is 1.71 bits per heavy atom. The minimum absolute atomic E-state index is 0.513. The van der Waals surface area contributed by atoms with Gasteiger partial charge < -0.3 is 4.74 Å². The zero-order valence-electron chi connectivity index (χ0n) is 3.72. The van der Waals surface area contributed by atoms with Crippen LogP contribution in [0.4, 0.5) is 0 Å². The Kier molecular flexibility index (Phi) is 1.13. The van der Waals surface area contributed by atoms with Crippen LogP contribution in [-0.2, 0) is 4.74 Å². The molecule has 1 aliphatic heterocycles. The lowest BCUT2D eigenvalue weighted by atomic mass is 10.4. The van der Waals surface area contributed by atoms with Gasteiger partial charge in [-0.3, -0.25) is 0 Å². The van der Waals surface area contributed by atoms with Crippen LogP contribution in [0.15, 0.2) is 18.4 Å². The molecule has 2 radical (unpaired) electrons. The molecule has 2 nitrogen and oxygen atoms in total. The summed E-state index contributed by atoms with van der Waals surface area (Å²) in [5.74, 6) is 0. The molecule has 2 heteroatoms. The predicted molar refractivity (Wildman–Crippen MR) is 24.9 cm³/mol. The predicted octanol–water partition coefficient (Wildman–Crippen LogP) is 0.499. The Morgan fingerprint density at radius 2 is 2.57 bits per heavy atom. The van der Waals surface area contributed by atoms with E-state index in [0.717, 1.165) is 0 Å². The maximum absolute atomic E-state index is 6.89. The van der Waals surface area contributed by atoms with Crippen LogP contribution >= 0.6 is 0 Å². The topological polar surface area (TPSA) is 33.0 Å². The number of hydrogen-bond donors (Lipinski definition) is 0. The Labute approximate surface area is 42.3 Å². The normalized spacial score (nSPS) is 27.3. The van der Waals surface area contributed by atoms with E-state index in [1.807, 2.05) is 0 Å². The van der Waals surface area contributed by atoms with Gasteiger partial charge in [-0.15, -0.1) is 0 Å². The molecule has 0 bridgehead atoms. The summed E-state index contributed by atoms with van der Waals surface area (Å²) >= 11 is 0. The van der Waals surface area contributed by atoms with Crippen molar-refractivity contribution in [2.24, 2.45) is 0 Å². The average Bonchev–Trinajstić information content (AvgIpc) is 1.69. The zero-order valence-corrected chi connectivity index (χ0v) is 3.72. The fourth-order valence-electron chi connectivity index (χ4n) is 0.340. The van der Waals surface area contributed by atoms with Gasteiger partial charge in [-0.05, 0) is 6.08 Å². The highest BCUT2D eigenvalue weighted by Gasteiger charge is 1.94. The molecule has 0 aromatic heterocycles. The molecule has 0 aromatic carbocycles. The maximum atomic E-state index is 6.89. The SMILES string of the molecule is [NH]C1C=C[C]=CO1. The van der Waals surface area contributed by atoms with E-state index >= 15 is 0 Å². The molecule has 1 rings (SSSR count). The van der Waals surface area contributed by atoms with Crippen molar-refractivity contribution in [3.8, 4) is 0 Å². The van der Waals surface area contributed by atoms with Gasteiger partial charge in [0.05, 0.1) is 6.26 Å². The fraction of sp³-hybridized carbons (Fsp3) is 0.200. The van der Waals surface area contributed by atoms with E-state index in [0.29, 0.717) is 0 Å². The van der Waals surface area contributed by atoms with E-state index < -0.39 is 6.23 Å². The van der Waals surface area contributed by atoms with E-state index in [2.05, 4.69) is 10.8 Å². The van der Waals surface area contributed by atoms with Crippen molar-refractivity contribution < 1.29 is 4.74 Å². The third-order valence-electron chi connectivity index (χ3n) is 0.650. The highest BCUT2D eigenvalue weighted by atomic mass is 16.5. The Bertz CT molecular complexity index is 107. The van der Waals surface area contributed by atoms with E-state index in [1.165, 1.54) is 6.26 Å². The molecule has 0 spiro atoms. The smallest absolute Gasteiger partial charge is 0.181 e. The van der Waals surface area contributed by atoms with Crippen LogP contribution in [0.2, 0.25) is 0 Å². The number of allylic oxidation sites excluding steroid dienone is 2. The largest absolute Gasteiger partial charge is 0.477 e. The third kappa shape index (κ3) is 1.05. The van der Waals surface area contributed by atoms with Crippen LogP contribution in [0.25, 0.3) is 0 Å². The summed E-state index contributed by atoms with van der Waals surface area (Å²) in [6.45, 7) is 0. The molecule has 0 aromatic rings. The van der Waals surface area contributed by atoms with Crippen molar-refractivity contribution in [3.63, 3.8) is 0 Å². The van der Waals surface area contributed by atoms with Crippen LogP contribution in [0.5, 0.6) is 0 Å². The second-order valence-electron chi connectivity index (χ2n) is 1.20. The Balaban J connectivity index is 2.49. The van der Waals surface area contributed by atoms with Crippen molar-refractivity contribution in [2.45, 2.75) is 6.23 Å². The van der Waals surface area contributed by atoms with Crippen molar-refractivity contribution >= 4 is 0 Å². The average molecular weight is 95.1 g/mol. The van der Waals surface area contributed by atoms with Gasteiger partial charge in [0, 0.05) is 6.08 Å². The van der Waals surface area contributed by atoms with Crippen LogP contribution in [0, 0.1) is 6.08 Å². The van der Waals surface area contributed by atoms with Gasteiger partial charge in [0.15, 0.2) is 6.23 Å². The lowest BCUT2D eigenvalue weighted by Gasteiger charge is -2.05. The molecule has 7 heavy (non-hydrogen) atoms. The van der Waals surface area contributed by atoms with Crippen molar-refractivity contribution in [1.29, 1.82) is 0 Å². The zero-order chi connectivity index (χ0) is 5.11. The lowest BCUT2D eigenvalue weighted by Crippen LogP contribution is -2.07. The lowest BCUT2D eigenvalue weighted by molar-refractivity contribution is 0.181.